The molecule has 0 aliphatic rings. The van der Waals surface area contributed by atoms with Crippen molar-refractivity contribution in [1.29, 1.82) is 0 Å². The van der Waals surface area contributed by atoms with E-state index in [9.17, 15) is 13.2 Å². The highest BCUT2D eigenvalue weighted by Crippen LogP contribution is 2.31. The number of carbonyl (C=O) groups is 1. The number of rotatable bonds is 8. The number of sulfone groups is 1. The van der Waals surface area contributed by atoms with E-state index in [4.69, 9.17) is 4.74 Å². The first kappa shape index (κ1) is 22.9. The van der Waals surface area contributed by atoms with Crippen molar-refractivity contribution in [3.63, 3.8) is 0 Å². The van der Waals surface area contributed by atoms with E-state index in [-0.39, 0.29) is 23.0 Å². The highest BCUT2D eigenvalue weighted by atomic mass is 32.2. The molecule has 1 amide bonds. The summed E-state index contributed by atoms with van der Waals surface area (Å²) < 4.78 is 31.7. The Morgan fingerprint density at radius 1 is 1.03 bits per heavy atom. The molecule has 0 atom stereocenters. The number of methoxy groups -OCH3 is 1. The van der Waals surface area contributed by atoms with Gasteiger partial charge in [-0.05, 0) is 54.4 Å². The van der Waals surface area contributed by atoms with E-state index in [0.717, 1.165) is 21.3 Å². The molecule has 1 heterocycles. The number of hydrogen-bond acceptors (Lipinski definition) is 6. The van der Waals surface area contributed by atoms with Gasteiger partial charge in [0, 0.05) is 6.42 Å². The molecule has 0 saturated carbocycles. The lowest BCUT2D eigenvalue weighted by Crippen LogP contribution is -2.31. The Bertz CT molecular complexity index is 1360. The van der Waals surface area contributed by atoms with Crippen LogP contribution in [0.15, 0.2) is 77.7 Å². The van der Waals surface area contributed by atoms with Crippen LogP contribution >= 0.6 is 11.3 Å². The summed E-state index contributed by atoms with van der Waals surface area (Å²) in [7, 11) is -2.10. The van der Waals surface area contributed by atoms with Crippen molar-refractivity contribution in [2.75, 3.05) is 17.8 Å². The van der Waals surface area contributed by atoms with E-state index in [2.05, 4.69) is 4.98 Å². The van der Waals surface area contributed by atoms with Crippen LogP contribution in [-0.2, 0) is 21.2 Å². The zero-order chi connectivity index (χ0) is 23.4. The third kappa shape index (κ3) is 5.40. The Morgan fingerprint density at radius 3 is 2.45 bits per heavy atom. The fourth-order valence-corrected chi connectivity index (χ4v) is 5.73. The Morgan fingerprint density at radius 2 is 1.76 bits per heavy atom. The maximum absolute atomic E-state index is 13.3. The van der Waals surface area contributed by atoms with Gasteiger partial charge < -0.3 is 4.74 Å². The Labute approximate surface area is 197 Å². The zero-order valence-corrected chi connectivity index (χ0v) is 20.0. The number of fused-ring (bicyclic) bond motifs is 1. The second kappa shape index (κ2) is 9.72. The van der Waals surface area contributed by atoms with Crippen LogP contribution in [0.1, 0.15) is 17.5 Å². The summed E-state index contributed by atoms with van der Waals surface area (Å²) in [5.74, 6) is 0.00448. The van der Waals surface area contributed by atoms with E-state index in [1.165, 1.54) is 30.6 Å². The van der Waals surface area contributed by atoms with Gasteiger partial charge in [-0.15, -0.1) is 0 Å². The Hall–Kier alpha value is -3.23. The molecule has 0 radical (unpaired) electrons. The summed E-state index contributed by atoms with van der Waals surface area (Å²) in [6, 6.07) is 21.7. The molecule has 0 saturated heterocycles. The van der Waals surface area contributed by atoms with Crippen molar-refractivity contribution < 1.29 is 17.9 Å². The standard InChI is InChI=1S/C25H24N2O4S2/c1-18-8-13-22-23(16-18)32-25(26-22)27(17-19-6-4-3-5-7-19)24(28)14-15-33(29,30)21-11-9-20(31-2)10-12-21/h3-13,16H,14-15,17H2,1-2H3. The van der Waals surface area contributed by atoms with Gasteiger partial charge in [-0.1, -0.05) is 47.7 Å². The molecular formula is C25H24N2O4S2. The maximum Gasteiger partial charge on any atom is 0.230 e. The predicted octanol–water partition coefficient (Wildman–Crippen LogP) is 5.01. The quantitative estimate of drug-likeness (QED) is 0.354. The normalized spacial score (nSPS) is 11.5. The van der Waals surface area contributed by atoms with Gasteiger partial charge in [0.05, 0.1) is 34.5 Å². The van der Waals surface area contributed by atoms with E-state index < -0.39 is 9.84 Å². The van der Waals surface area contributed by atoms with E-state index in [0.29, 0.717) is 17.4 Å². The molecule has 1 aromatic heterocycles. The van der Waals surface area contributed by atoms with E-state index in [1.54, 1.807) is 17.0 Å². The topological polar surface area (TPSA) is 76.6 Å². The van der Waals surface area contributed by atoms with Crippen LogP contribution in [0.2, 0.25) is 0 Å². The number of nitrogens with zero attached hydrogens (tertiary/aromatic N) is 2. The van der Waals surface area contributed by atoms with Gasteiger partial charge in [0.25, 0.3) is 0 Å². The van der Waals surface area contributed by atoms with Crippen LogP contribution in [0, 0.1) is 6.92 Å². The molecule has 6 nitrogen and oxygen atoms in total. The average Bonchev–Trinajstić information content (AvgIpc) is 3.24. The van der Waals surface area contributed by atoms with Crippen LogP contribution in [0.5, 0.6) is 5.75 Å². The average molecular weight is 481 g/mol. The van der Waals surface area contributed by atoms with Gasteiger partial charge in [0.2, 0.25) is 5.91 Å². The third-order valence-electron chi connectivity index (χ3n) is 5.25. The van der Waals surface area contributed by atoms with Crippen molar-refractivity contribution >= 4 is 42.4 Å². The molecule has 170 valence electrons. The zero-order valence-electron chi connectivity index (χ0n) is 18.4. The number of thiazole rings is 1. The van der Waals surface area contributed by atoms with Gasteiger partial charge in [-0.2, -0.15) is 0 Å². The lowest BCUT2D eigenvalue weighted by Gasteiger charge is -2.20. The van der Waals surface area contributed by atoms with Crippen molar-refractivity contribution in [2.45, 2.75) is 24.8 Å². The highest BCUT2D eigenvalue weighted by Gasteiger charge is 2.23. The molecule has 33 heavy (non-hydrogen) atoms. The maximum atomic E-state index is 13.3. The minimum absolute atomic E-state index is 0.143. The molecule has 0 N–H and O–H groups in total. The molecule has 8 heteroatoms. The fourth-order valence-electron chi connectivity index (χ4n) is 3.42. The number of anilines is 1. The lowest BCUT2D eigenvalue weighted by molar-refractivity contribution is -0.118. The van der Waals surface area contributed by atoms with Crippen LogP contribution in [-0.4, -0.2) is 32.2 Å². The van der Waals surface area contributed by atoms with Crippen molar-refractivity contribution in [3.8, 4) is 5.75 Å². The molecule has 3 aromatic carbocycles. The Kier molecular flexibility index (Phi) is 6.76. The molecule has 0 fully saturated rings. The highest BCUT2D eigenvalue weighted by molar-refractivity contribution is 7.91. The van der Waals surface area contributed by atoms with Crippen LogP contribution < -0.4 is 9.64 Å². The number of ether oxygens (including phenoxy) is 1. The number of benzene rings is 3. The number of amides is 1. The number of carbonyl (C=O) groups excluding carboxylic acids is 1. The summed E-state index contributed by atoms with van der Waals surface area (Å²) >= 11 is 1.43. The Balaban J connectivity index is 1.58. The first-order chi connectivity index (χ1) is 15.9. The SMILES string of the molecule is COc1ccc(S(=O)(=O)CCC(=O)N(Cc2ccccc2)c2nc3ccc(C)cc3s2)cc1. The van der Waals surface area contributed by atoms with Crippen molar-refractivity contribution in [1.82, 2.24) is 4.98 Å². The molecule has 0 spiro atoms. The molecule has 0 aliphatic heterocycles. The summed E-state index contributed by atoms with van der Waals surface area (Å²) in [5, 5.41) is 0.561. The van der Waals surface area contributed by atoms with E-state index >= 15 is 0 Å². The number of aromatic nitrogens is 1. The summed E-state index contributed by atoms with van der Waals surface area (Å²) in [6.45, 7) is 2.33. The van der Waals surface area contributed by atoms with Crippen LogP contribution in [0.3, 0.4) is 0 Å². The molecule has 4 rings (SSSR count). The number of aryl methyl sites for hydroxylation is 1. The van der Waals surface area contributed by atoms with Gasteiger partial charge in [0.15, 0.2) is 15.0 Å². The monoisotopic (exact) mass is 480 g/mol. The molecule has 0 bridgehead atoms. The molecular weight excluding hydrogens is 456 g/mol. The summed E-state index contributed by atoms with van der Waals surface area (Å²) in [4.78, 5) is 19.7. The summed E-state index contributed by atoms with van der Waals surface area (Å²) in [6.07, 6.45) is -0.143. The summed E-state index contributed by atoms with van der Waals surface area (Å²) in [5.41, 5.74) is 2.88. The molecule has 4 aromatic rings. The lowest BCUT2D eigenvalue weighted by atomic mass is 10.2. The van der Waals surface area contributed by atoms with Gasteiger partial charge in [0.1, 0.15) is 5.75 Å². The molecule has 0 unspecified atom stereocenters. The predicted molar refractivity (Wildman–Crippen MR) is 132 cm³/mol. The second-order valence-electron chi connectivity index (χ2n) is 7.68. The number of hydrogen-bond donors (Lipinski definition) is 0. The third-order valence-corrected chi connectivity index (χ3v) is 8.02. The van der Waals surface area contributed by atoms with Gasteiger partial charge >= 0.3 is 0 Å². The van der Waals surface area contributed by atoms with Crippen molar-refractivity contribution in [3.05, 3.63) is 83.9 Å². The minimum Gasteiger partial charge on any atom is -0.497 e. The second-order valence-corrected chi connectivity index (χ2v) is 10.8. The first-order valence-corrected chi connectivity index (χ1v) is 12.9. The van der Waals surface area contributed by atoms with Crippen molar-refractivity contribution in [2.24, 2.45) is 0 Å². The molecule has 0 aliphatic carbocycles. The van der Waals surface area contributed by atoms with Gasteiger partial charge in [-0.3, -0.25) is 9.69 Å². The first-order valence-electron chi connectivity index (χ1n) is 10.4. The largest absolute Gasteiger partial charge is 0.497 e. The van der Waals surface area contributed by atoms with Gasteiger partial charge in [-0.25, -0.2) is 13.4 Å². The van der Waals surface area contributed by atoms with Crippen LogP contribution in [0.25, 0.3) is 10.2 Å². The smallest absolute Gasteiger partial charge is 0.230 e. The van der Waals surface area contributed by atoms with Crippen LogP contribution in [0.4, 0.5) is 5.13 Å². The van der Waals surface area contributed by atoms with E-state index in [1.807, 2.05) is 55.5 Å². The fraction of sp³-hybridized carbons (Fsp3) is 0.200. The minimum atomic E-state index is -3.62.